The SMILES string of the molecule is Cc1ccc([C@@H]2c3cc(OCc4ccc(C(=O)NC(C)C)o4)ccc3CCN2C(=O)C2CCCC2)cc1. The number of carbonyl (C=O) groups excluding carboxylic acids is 2. The molecule has 1 aromatic heterocycles. The fraction of sp³-hybridized carbons (Fsp3) is 0.419. The summed E-state index contributed by atoms with van der Waals surface area (Å²) < 4.78 is 11.8. The third-order valence-corrected chi connectivity index (χ3v) is 7.41. The van der Waals surface area contributed by atoms with Crippen molar-refractivity contribution in [3.8, 4) is 5.75 Å². The van der Waals surface area contributed by atoms with Crippen molar-refractivity contribution >= 4 is 11.8 Å². The second kappa shape index (κ2) is 10.8. The van der Waals surface area contributed by atoms with Gasteiger partial charge < -0.3 is 19.4 Å². The summed E-state index contributed by atoms with van der Waals surface area (Å²) in [6, 6.07) is 18.0. The smallest absolute Gasteiger partial charge is 0.287 e. The molecule has 1 aliphatic carbocycles. The quantitative estimate of drug-likeness (QED) is 0.434. The summed E-state index contributed by atoms with van der Waals surface area (Å²) in [5, 5.41) is 2.83. The van der Waals surface area contributed by atoms with E-state index < -0.39 is 0 Å². The predicted octanol–water partition coefficient (Wildman–Crippen LogP) is 5.97. The lowest BCUT2D eigenvalue weighted by Gasteiger charge is -2.39. The van der Waals surface area contributed by atoms with Crippen molar-refractivity contribution < 1.29 is 18.7 Å². The minimum absolute atomic E-state index is 0.0365. The molecule has 1 atom stereocenters. The Kier molecular flexibility index (Phi) is 7.36. The molecule has 5 rings (SSSR count). The highest BCUT2D eigenvalue weighted by Gasteiger charge is 2.36. The Bertz CT molecular complexity index is 1250. The van der Waals surface area contributed by atoms with Gasteiger partial charge in [-0.1, -0.05) is 48.7 Å². The van der Waals surface area contributed by atoms with Crippen LogP contribution >= 0.6 is 0 Å². The summed E-state index contributed by atoms with van der Waals surface area (Å²) in [5.74, 6) is 1.76. The molecule has 3 aromatic rings. The van der Waals surface area contributed by atoms with Gasteiger partial charge in [0.05, 0.1) is 6.04 Å². The van der Waals surface area contributed by atoms with Crippen molar-refractivity contribution in [2.24, 2.45) is 5.92 Å². The Morgan fingerprint density at radius 3 is 2.54 bits per heavy atom. The zero-order valence-corrected chi connectivity index (χ0v) is 22.0. The molecule has 1 saturated carbocycles. The Labute approximate surface area is 219 Å². The molecule has 0 unspecified atom stereocenters. The number of hydrogen-bond donors (Lipinski definition) is 1. The van der Waals surface area contributed by atoms with Crippen LogP contribution in [0.2, 0.25) is 0 Å². The van der Waals surface area contributed by atoms with E-state index in [1.54, 1.807) is 12.1 Å². The number of ether oxygens (including phenoxy) is 1. The van der Waals surface area contributed by atoms with E-state index in [0.29, 0.717) is 5.76 Å². The van der Waals surface area contributed by atoms with E-state index in [2.05, 4.69) is 53.5 Å². The van der Waals surface area contributed by atoms with Crippen LogP contribution in [0.4, 0.5) is 0 Å². The lowest BCUT2D eigenvalue weighted by Crippen LogP contribution is -2.43. The second-order valence-electron chi connectivity index (χ2n) is 10.6. The lowest BCUT2D eigenvalue weighted by molar-refractivity contribution is -0.137. The maximum atomic E-state index is 13.6. The first-order valence-corrected chi connectivity index (χ1v) is 13.4. The van der Waals surface area contributed by atoms with Gasteiger partial charge in [-0.2, -0.15) is 0 Å². The number of amides is 2. The van der Waals surface area contributed by atoms with Gasteiger partial charge in [0.2, 0.25) is 5.91 Å². The summed E-state index contributed by atoms with van der Waals surface area (Å²) in [4.78, 5) is 27.9. The third-order valence-electron chi connectivity index (χ3n) is 7.41. The second-order valence-corrected chi connectivity index (χ2v) is 10.6. The molecule has 1 aliphatic heterocycles. The predicted molar refractivity (Wildman–Crippen MR) is 142 cm³/mol. The monoisotopic (exact) mass is 500 g/mol. The standard InChI is InChI=1S/C31H36N2O4/c1-20(2)32-30(34)28-15-14-26(37-28)19-36-25-13-12-22-16-17-33(31(35)24-6-4-5-7-24)29(27(22)18-25)23-10-8-21(3)9-11-23/h8-15,18,20,24,29H,4-7,16-17,19H2,1-3H3,(H,32,34)/t29-/m1/s1. The van der Waals surface area contributed by atoms with Gasteiger partial charge in [0.1, 0.15) is 18.1 Å². The van der Waals surface area contributed by atoms with Crippen LogP contribution in [0.5, 0.6) is 5.75 Å². The molecule has 194 valence electrons. The minimum atomic E-state index is -0.233. The summed E-state index contributed by atoms with van der Waals surface area (Å²) >= 11 is 0. The van der Waals surface area contributed by atoms with E-state index in [4.69, 9.17) is 9.15 Å². The number of fused-ring (bicyclic) bond motifs is 1. The fourth-order valence-electron chi connectivity index (χ4n) is 5.50. The number of rotatable bonds is 7. The number of hydrogen-bond acceptors (Lipinski definition) is 4. The number of benzene rings is 2. The van der Waals surface area contributed by atoms with E-state index in [0.717, 1.165) is 55.5 Å². The van der Waals surface area contributed by atoms with E-state index in [9.17, 15) is 9.59 Å². The highest BCUT2D eigenvalue weighted by atomic mass is 16.5. The molecule has 0 saturated heterocycles. The van der Waals surface area contributed by atoms with Gasteiger partial charge in [-0.3, -0.25) is 9.59 Å². The van der Waals surface area contributed by atoms with E-state index in [-0.39, 0.29) is 42.2 Å². The van der Waals surface area contributed by atoms with Gasteiger partial charge >= 0.3 is 0 Å². The van der Waals surface area contributed by atoms with Gasteiger partial charge in [0, 0.05) is 18.5 Å². The number of nitrogens with one attached hydrogen (secondary N) is 1. The van der Waals surface area contributed by atoms with Crippen LogP contribution in [-0.2, 0) is 17.8 Å². The summed E-state index contributed by atoms with van der Waals surface area (Å²) in [5.41, 5.74) is 4.70. The summed E-state index contributed by atoms with van der Waals surface area (Å²) in [7, 11) is 0. The molecular formula is C31H36N2O4. The van der Waals surface area contributed by atoms with Crippen molar-refractivity contribution in [2.45, 2.75) is 71.6 Å². The van der Waals surface area contributed by atoms with Gasteiger partial charge in [-0.15, -0.1) is 0 Å². The Balaban J connectivity index is 1.39. The molecule has 0 bridgehead atoms. The number of nitrogens with zero attached hydrogens (tertiary/aromatic N) is 1. The Morgan fingerprint density at radius 1 is 1.05 bits per heavy atom. The number of aryl methyl sites for hydroxylation is 1. The highest BCUT2D eigenvalue weighted by molar-refractivity contribution is 5.91. The van der Waals surface area contributed by atoms with Gasteiger partial charge in [-0.05, 0) is 81.0 Å². The number of furan rings is 1. The Hall–Kier alpha value is -3.54. The molecule has 1 fully saturated rings. The normalized spacial score (nSPS) is 17.6. The molecule has 2 aliphatic rings. The lowest BCUT2D eigenvalue weighted by atomic mass is 9.86. The van der Waals surface area contributed by atoms with Crippen LogP contribution in [0.25, 0.3) is 0 Å². The maximum absolute atomic E-state index is 13.6. The van der Waals surface area contributed by atoms with Crippen molar-refractivity contribution in [2.75, 3.05) is 6.54 Å². The molecule has 6 heteroatoms. The largest absolute Gasteiger partial charge is 0.486 e. The van der Waals surface area contributed by atoms with Crippen LogP contribution in [0.15, 0.2) is 59.0 Å². The average Bonchev–Trinajstić information content (AvgIpc) is 3.59. The minimum Gasteiger partial charge on any atom is -0.486 e. The zero-order valence-electron chi connectivity index (χ0n) is 22.0. The summed E-state index contributed by atoms with van der Waals surface area (Å²) in [6.45, 7) is 6.85. The maximum Gasteiger partial charge on any atom is 0.287 e. The van der Waals surface area contributed by atoms with Crippen molar-refractivity contribution in [1.29, 1.82) is 0 Å². The van der Waals surface area contributed by atoms with E-state index in [1.165, 1.54) is 11.1 Å². The number of carbonyl (C=O) groups is 2. The fourth-order valence-corrected chi connectivity index (χ4v) is 5.50. The van der Waals surface area contributed by atoms with Crippen LogP contribution < -0.4 is 10.1 Å². The molecule has 2 amide bonds. The van der Waals surface area contributed by atoms with Crippen LogP contribution in [0.1, 0.15) is 84.1 Å². The first-order valence-electron chi connectivity index (χ1n) is 13.4. The van der Waals surface area contributed by atoms with E-state index in [1.807, 2.05) is 19.9 Å². The topological polar surface area (TPSA) is 71.8 Å². The van der Waals surface area contributed by atoms with Crippen molar-refractivity contribution in [3.05, 3.63) is 88.4 Å². The molecule has 0 radical (unpaired) electrons. The van der Waals surface area contributed by atoms with Crippen LogP contribution in [0.3, 0.4) is 0 Å². The first-order chi connectivity index (χ1) is 17.9. The molecule has 37 heavy (non-hydrogen) atoms. The molecule has 6 nitrogen and oxygen atoms in total. The zero-order chi connectivity index (χ0) is 25.9. The third kappa shape index (κ3) is 5.58. The molecule has 1 N–H and O–H groups in total. The van der Waals surface area contributed by atoms with Crippen molar-refractivity contribution in [3.63, 3.8) is 0 Å². The molecule has 2 aromatic carbocycles. The van der Waals surface area contributed by atoms with Gasteiger partial charge in [0.25, 0.3) is 5.91 Å². The highest BCUT2D eigenvalue weighted by Crippen LogP contribution is 2.40. The van der Waals surface area contributed by atoms with Crippen LogP contribution in [-0.4, -0.2) is 29.3 Å². The van der Waals surface area contributed by atoms with Crippen LogP contribution in [0, 0.1) is 12.8 Å². The van der Waals surface area contributed by atoms with Crippen molar-refractivity contribution in [1.82, 2.24) is 10.2 Å². The van der Waals surface area contributed by atoms with E-state index >= 15 is 0 Å². The Morgan fingerprint density at radius 2 is 1.81 bits per heavy atom. The van der Waals surface area contributed by atoms with Gasteiger partial charge in [0.15, 0.2) is 5.76 Å². The molecular weight excluding hydrogens is 464 g/mol. The first kappa shape index (κ1) is 25.1. The molecule has 2 heterocycles. The van der Waals surface area contributed by atoms with Gasteiger partial charge in [-0.25, -0.2) is 0 Å². The molecule has 0 spiro atoms. The summed E-state index contributed by atoms with van der Waals surface area (Å²) in [6.07, 6.45) is 5.10. The average molecular weight is 501 g/mol.